The summed E-state index contributed by atoms with van der Waals surface area (Å²) in [4.78, 5) is 10.4. The van der Waals surface area contributed by atoms with E-state index in [4.69, 9.17) is 4.74 Å². The molecule has 0 aromatic heterocycles. The van der Waals surface area contributed by atoms with Crippen molar-refractivity contribution >= 4 is 27.3 Å². The van der Waals surface area contributed by atoms with E-state index in [1.165, 1.54) is 6.07 Å². The summed E-state index contributed by atoms with van der Waals surface area (Å²) in [5.74, 6) is 0.503. The standard InChI is InChI=1S/C14H19BrN2O3/c1-9(2)14-8-11(5-6-20-14)16-10-3-4-13(17(18)19)12(15)7-10/h3-4,7,9,11,14,16H,5-6,8H2,1-2H3. The maximum atomic E-state index is 10.8. The lowest BCUT2D eigenvalue weighted by molar-refractivity contribution is -0.385. The van der Waals surface area contributed by atoms with Crippen LogP contribution in [-0.2, 0) is 4.74 Å². The second-order valence-electron chi connectivity index (χ2n) is 5.44. The zero-order chi connectivity index (χ0) is 14.7. The van der Waals surface area contributed by atoms with Crippen LogP contribution in [0.15, 0.2) is 22.7 Å². The number of hydrogen-bond donors (Lipinski definition) is 1. The molecule has 1 aliphatic rings. The molecule has 1 N–H and O–H groups in total. The van der Waals surface area contributed by atoms with Crippen LogP contribution in [0.3, 0.4) is 0 Å². The van der Waals surface area contributed by atoms with Gasteiger partial charge in [0.1, 0.15) is 0 Å². The summed E-state index contributed by atoms with van der Waals surface area (Å²) in [5, 5.41) is 14.2. The molecule has 0 spiro atoms. The van der Waals surface area contributed by atoms with Crippen LogP contribution >= 0.6 is 15.9 Å². The number of hydrogen-bond acceptors (Lipinski definition) is 4. The van der Waals surface area contributed by atoms with Crippen LogP contribution in [0.1, 0.15) is 26.7 Å². The first kappa shape index (κ1) is 15.3. The number of benzene rings is 1. The molecule has 0 radical (unpaired) electrons. The monoisotopic (exact) mass is 342 g/mol. The third-order valence-corrected chi connectivity index (χ3v) is 4.21. The third kappa shape index (κ3) is 3.70. The summed E-state index contributed by atoms with van der Waals surface area (Å²) in [6.45, 7) is 5.08. The van der Waals surface area contributed by atoms with Gasteiger partial charge in [-0.1, -0.05) is 13.8 Å². The molecule has 2 unspecified atom stereocenters. The normalized spacial score (nSPS) is 22.8. The SMILES string of the molecule is CC(C)C1CC(Nc2ccc([N+](=O)[O-])c(Br)c2)CCO1. The van der Waals surface area contributed by atoms with Crippen molar-refractivity contribution in [1.29, 1.82) is 0 Å². The van der Waals surface area contributed by atoms with Crippen LogP contribution in [0.4, 0.5) is 11.4 Å². The van der Waals surface area contributed by atoms with E-state index in [0.717, 1.165) is 25.1 Å². The van der Waals surface area contributed by atoms with Gasteiger partial charge < -0.3 is 10.1 Å². The Kier molecular flexibility index (Phi) is 4.99. The topological polar surface area (TPSA) is 64.4 Å². The van der Waals surface area contributed by atoms with Gasteiger partial charge in [-0.3, -0.25) is 10.1 Å². The highest BCUT2D eigenvalue weighted by molar-refractivity contribution is 9.10. The Morgan fingerprint density at radius 2 is 2.25 bits per heavy atom. The summed E-state index contributed by atoms with van der Waals surface area (Å²) in [6, 6.07) is 5.39. The third-order valence-electron chi connectivity index (χ3n) is 3.57. The molecule has 1 aromatic carbocycles. The predicted molar refractivity (Wildman–Crippen MR) is 82.0 cm³/mol. The summed E-state index contributed by atoms with van der Waals surface area (Å²) in [7, 11) is 0. The first-order chi connectivity index (χ1) is 9.47. The lowest BCUT2D eigenvalue weighted by atomic mass is 9.95. The largest absolute Gasteiger partial charge is 0.382 e. The lowest BCUT2D eigenvalue weighted by Gasteiger charge is -2.33. The fourth-order valence-electron chi connectivity index (χ4n) is 2.40. The van der Waals surface area contributed by atoms with Crippen molar-refractivity contribution in [1.82, 2.24) is 0 Å². The molecule has 0 aliphatic carbocycles. The number of rotatable bonds is 4. The maximum absolute atomic E-state index is 10.8. The van der Waals surface area contributed by atoms with E-state index >= 15 is 0 Å². The number of ether oxygens (including phenoxy) is 1. The van der Waals surface area contributed by atoms with Crippen LogP contribution < -0.4 is 5.32 Å². The molecule has 6 heteroatoms. The Balaban J connectivity index is 2.03. The Morgan fingerprint density at radius 1 is 1.50 bits per heavy atom. The lowest BCUT2D eigenvalue weighted by Crippen LogP contribution is -2.36. The molecule has 0 amide bonds. The van der Waals surface area contributed by atoms with Crippen molar-refractivity contribution in [2.75, 3.05) is 11.9 Å². The Hall–Kier alpha value is -1.14. The summed E-state index contributed by atoms with van der Waals surface area (Å²) >= 11 is 3.24. The smallest absolute Gasteiger partial charge is 0.283 e. The van der Waals surface area contributed by atoms with Gasteiger partial charge in [-0.2, -0.15) is 0 Å². The van der Waals surface area contributed by atoms with E-state index < -0.39 is 4.92 Å². The van der Waals surface area contributed by atoms with E-state index in [2.05, 4.69) is 35.1 Å². The quantitative estimate of drug-likeness (QED) is 0.664. The molecule has 2 atom stereocenters. The fraction of sp³-hybridized carbons (Fsp3) is 0.571. The average molecular weight is 343 g/mol. The number of anilines is 1. The number of halogens is 1. The molecule has 1 heterocycles. The second-order valence-corrected chi connectivity index (χ2v) is 6.30. The maximum Gasteiger partial charge on any atom is 0.283 e. The molecular weight excluding hydrogens is 324 g/mol. The van der Waals surface area contributed by atoms with Gasteiger partial charge in [-0.05, 0) is 46.8 Å². The molecular formula is C14H19BrN2O3. The van der Waals surface area contributed by atoms with Gasteiger partial charge in [0, 0.05) is 24.4 Å². The van der Waals surface area contributed by atoms with Gasteiger partial charge >= 0.3 is 0 Å². The van der Waals surface area contributed by atoms with E-state index in [9.17, 15) is 10.1 Å². The zero-order valence-electron chi connectivity index (χ0n) is 11.6. The average Bonchev–Trinajstić information content (AvgIpc) is 2.38. The van der Waals surface area contributed by atoms with E-state index in [1.807, 2.05) is 0 Å². The van der Waals surface area contributed by atoms with Crippen molar-refractivity contribution < 1.29 is 9.66 Å². The zero-order valence-corrected chi connectivity index (χ0v) is 13.2. The first-order valence-corrected chi connectivity index (χ1v) is 7.58. The molecule has 1 saturated heterocycles. The molecule has 0 saturated carbocycles. The van der Waals surface area contributed by atoms with Gasteiger partial charge in [0.05, 0.1) is 15.5 Å². The van der Waals surface area contributed by atoms with Crippen molar-refractivity contribution in [2.24, 2.45) is 5.92 Å². The molecule has 0 bridgehead atoms. The highest BCUT2D eigenvalue weighted by Crippen LogP contribution is 2.29. The minimum Gasteiger partial charge on any atom is -0.382 e. The Morgan fingerprint density at radius 3 is 2.85 bits per heavy atom. The Labute approximate surface area is 127 Å². The Bertz CT molecular complexity index is 493. The number of nitro groups is 1. The molecule has 5 nitrogen and oxygen atoms in total. The predicted octanol–water partition coefficient (Wildman–Crippen LogP) is 3.97. The minimum absolute atomic E-state index is 0.0857. The molecule has 1 aliphatic heterocycles. The summed E-state index contributed by atoms with van der Waals surface area (Å²) in [5.41, 5.74) is 0.986. The highest BCUT2D eigenvalue weighted by atomic mass is 79.9. The number of nitrogens with one attached hydrogen (secondary N) is 1. The first-order valence-electron chi connectivity index (χ1n) is 6.79. The van der Waals surface area contributed by atoms with Gasteiger partial charge in [-0.15, -0.1) is 0 Å². The van der Waals surface area contributed by atoms with E-state index in [0.29, 0.717) is 16.4 Å². The van der Waals surface area contributed by atoms with E-state index in [1.54, 1.807) is 12.1 Å². The van der Waals surface area contributed by atoms with Gasteiger partial charge in [0.25, 0.3) is 5.69 Å². The van der Waals surface area contributed by atoms with E-state index in [-0.39, 0.29) is 11.8 Å². The van der Waals surface area contributed by atoms with Crippen molar-refractivity contribution in [3.8, 4) is 0 Å². The van der Waals surface area contributed by atoms with Crippen molar-refractivity contribution in [3.63, 3.8) is 0 Å². The van der Waals surface area contributed by atoms with Crippen LogP contribution in [0, 0.1) is 16.0 Å². The molecule has 1 aromatic rings. The van der Waals surface area contributed by atoms with Gasteiger partial charge in [0.15, 0.2) is 0 Å². The molecule has 110 valence electrons. The van der Waals surface area contributed by atoms with Crippen LogP contribution in [0.5, 0.6) is 0 Å². The number of nitrogens with zero attached hydrogens (tertiary/aromatic N) is 1. The second kappa shape index (κ2) is 6.54. The van der Waals surface area contributed by atoms with Crippen LogP contribution in [0.25, 0.3) is 0 Å². The minimum atomic E-state index is -0.392. The van der Waals surface area contributed by atoms with Crippen LogP contribution in [0.2, 0.25) is 0 Å². The highest BCUT2D eigenvalue weighted by Gasteiger charge is 2.25. The molecule has 20 heavy (non-hydrogen) atoms. The number of nitro benzene ring substituents is 1. The van der Waals surface area contributed by atoms with Gasteiger partial charge in [0.2, 0.25) is 0 Å². The fourth-order valence-corrected chi connectivity index (χ4v) is 2.93. The van der Waals surface area contributed by atoms with Gasteiger partial charge in [-0.25, -0.2) is 0 Å². The molecule has 2 rings (SSSR count). The molecule has 1 fully saturated rings. The van der Waals surface area contributed by atoms with Crippen LogP contribution in [-0.4, -0.2) is 23.7 Å². The van der Waals surface area contributed by atoms with Crippen molar-refractivity contribution in [2.45, 2.75) is 38.8 Å². The van der Waals surface area contributed by atoms with Crippen molar-refractivity contribution in [3.05, 3.63) is 32.8 Å². The summed E-state index contributed by atoms with van der Waals surface area (Å²) in [6.07, 6.45) is 2.20. The summed E-state index contributed by atoms with van der Waals surface area (Å²) < 4.78 is 6.24.